The molecule has 0 saturated heterocycles. The minimum absolute atomic E-state index is 0.0867. The number of nitrogens with one attached hydrogen (secondary N) is 1. The SMILES string of the molecule is CCC(CC)C(=O)Nc1ccc(Br)cc1C(=O)O. The van der Waals surface area contributed by atoms with Gasteiger partial charge in [0.1, 0.15) is 0 Å². The fourth-order valence-electron chi connectivity index (χ4n) is 1.70. The van der Waals surface area contributed by atoms with Crippen LogP contribution in [0.25, 0.3) is 0 Å². The van der Waals surface area contributed by atoms with Gasteiger partial charge in [0.2, 0.25) is 5.91 Å². The molecule has 0 aromatic heterocycles. The molecule has 0 fully saturated rings. The summed E-state index contributed by atoms with van der Waals surface area (Å²) in [5, 5.41) is 11.8. The van der Waals surface area contributed by atoms with Crippen LogP contribution in [-0.4, -0.2) is 17.0 Å². The smallest absolute Gasteiger partial charge is 0.337 e. The van der Waals surface area contributed by atoms with Crippen LogP contribution in [0.4, 0.5) is 5.69 Å². The first-order valence-corrected chi connectivity index (χ1v) is 6.62. The molecule has 4 nitrogen and oxygen atoms in total. The van der Waals surface area contributed by atoms with E-state index >= 15 is 0 Å². The van der Waals surface area contributed by atoms with E-state index in [0.717, 1.165) is 12.8 Å². The molecule has 0 radical (unpaired) electrons. The van der Waals surface area contributed by atoms with Crippen LogP contribution in [0.5, 0.6) is 0 Å². The summed E-state index contributed by atoms with van der Waals surface area (Å²) in [5.74, 6) is -1.28. The number of amides is 1. The van der Waals surface area contributed by atoms with Gasteiger partial charge in [0.15, 0.2) is 0 Å². The number of carboxylic acid groups (broad SMARTS) is 1. The first-order chi connectivity index (χ1) is 8.49. The lowest BCUT2D eigenvalue weighted by Crippen LogP contribution is -2.22. The summed E-state index contributed by atoms with van der Waals surface area (Å²) >= 11 is 3.21. The predicted octanol–water partition coefficient (Wildman–Crippen LogP) is 3.52. The molecule has 0 aliphatic heterocycles. The lowest BCUT2D eigenvalue weighted by atomic mass is 10.0. The van der Waals surface area contributed by atoms with Crippen molar-refractivity contribution in [3.63, 3.8) is 0 Å². The molecule has 0 saturated carbocycles. The minimum Gasteiger partial charge on any atom is -0.478 e. The van der Waals surface area contributed by atoms with Crippen LogP contribution >= 0.6 is 15.9 Å². The maximum atomic E-state index is 11.9. The number of rotatable bonds is 5. The molecule has 1 amide bonds. The van der Waals surface area contributed by atoms with Crippen molar-refractivity contribution in [1.82, 2.24) is 0 Å². The van der Waals surface area contributed by atoms with E-state index in [1.807, 2.05) is 13.8 Å². The van der Waals surface area contributed by atoms with Crippen molar-refractivity contribution in [3.05, 3.63) is 28.2 Å². The van der Waals surface area contributed by atoms with Gasteiger partial charge in [-0.3, -0.25) is 4.79 Å². The van der Waals surface area contributed by atoms with Gasteiger partial charge < -0.3 is 10.4 Å². The topological polar surface area (TPSA) is 66.4 Å². The molecule has 1 aromatic rings. The summed E-state index contributed by atoms with van der Waals surface area (Å²) in [6, 6.07) is 4.77. The largest absolute Gasteiger partial charge is 0.478 e. The standard InChI is InChI=1S/C13H16BrNO3/c1-3-8(4-2)12(16)15-11-6-5-9(14)7-10(11)13(17)18/h5-8H,3-4H2,1-2H3,(H,15,16)(H,17,18). The third-order valence-corrected chi connectivity index (χ3v) is 3.32. The molecule has 0 aliphatic rings. The molecule has 0 atom stereocenters. The zero-order chi connectivity index (χ0) is 13.7. The third-order valence-electron chi connectivity index (χ3n) is 2.83. The van der Waals surface area contributed by atoms with Gasteiger partial charge in [-0.2, -0.15) is 0 Å². The zero-order valence-electron chi connectivity index (χ0n) is 10.4. The van der Waals surface area contributed by atoms with Gasteiger partial charge in [-0.05, 0) is 31.0 Å². The number of halogens is 1. The van der Waals surface area contributed by atoms with Crippen molar-refractivity contribution >= 4 is 33.5 Å². The van der Waals surface area contributed by atoms with Crippen molar-refractivity contribution in [2.75, 3.05) is 5.32 Å². The second-order valence-electron chi connectivity index (χ2n) is 4.00. The molecule has 1 aromatic carbocycles. The van der Waals surface area contributed by atoms with Crippen LogP contribution in [0.15, 0.2) is 22.7 Å². The highest BCUT2D eigenvalue weighted by Gasteiger charge is 2.17. The van der Waals surface area contributed by atoms with Gasteiger partial charge in [-0.25, -0.2) is 4.79 Å². The van der Waals surface area contributed by atoms with E-state index in [1.54, 1.807) is 12.1 Å². The number of benzene rings is 1. The fourth-order valence-corrected chi connectivity index (χ4v) is 2.06. The van der Waals surface area contributed by atoms with Crippen LogP contribution < -0.4 is 5.32 Å². The van der Waals surface area contributed by atoms with Gasteiger partial charge in [0.25, 0.3) is 0 Å². The second kappa shape index (κ2) is 6.54. The number of hydrogen-bond acceptors (Lipinski definition) is 2. The number of carbonyl (C=O) groups excluding carboxylic acids is 1. The Morgan fingerprint density at radius 3 is 2.44 bits per heavy atom. The lowest BCUT2D eigenvalue weighted by Gasteiger charge is -2.14. The Kier molecular flexibility index (Phi) is 5.34. The Morgan fingerprint density at radius 1 is 1.33 bits per heavy atom. The fraction of sp³-hybridized carbons (Fsp3) is 0.385. The van der Waals surface area contributed by atoms with E-state index in [0.29, 0.717) is 10.2 Å². The summed E-state index contributed by atoms with van der Waals surface area (Å²) in [7, 11) is 0. The van der Waals surface area contributed by atoms with Gasteiger partial charge in [-0.1, -0.05) is 29.8 Å². The maximum absolute atomic E-state index is 11.9. The summed E-state index contributed by atoms with van der Waals surface area (Å²) in [6.07, 6.45) is 1.47. The average Bonchev–Trinajstić information content (AvgIpc) is 2.32. The normalized spacial score (nSPS) is 10.4. The van der Waals surface area contributed by atoms with Crippen LogP contribution in [0.3, 0.4) is 0 Å². The number of hydrogen-bond donors (Lipinski definition) is 2. The highest BCUT2D eigenvalue weighted by Crippen LogP contribution is 2.22. The third kappa shape index (κ3) is 3.57. The zero-order valence-corrected chi connectivity index (χ0v) is 12.0. The predicted molar refractivity (Wildman–Crippen MR) is 73.8 cm³/mol. The summed E-state index contributed by atoms with van der Waals surface area (Å²) in [5.41, 5.74) is 0.422. The molecule has 0 unspecified atom stereocenters. The van der Waals surface area contributed by atoms with E-state index < -0.39 is 5.97 Å². The molecule has 0 aliphatic carbocycles. The van der Waals surface area contributed by atoms with E-state index in [9.17, 15) is 9.59 Å². The van der Waals surface area contributed by atoms with Crippen molar-refractivity contribution in [2.24, 2.45) is 5.92 Å². The van der Waals surface area contributed by atoms with E-state index in [1.165, 1.54) is 6.07 Å². The monoisotopic (exact) mass is 313 g/mol. The number of aromatic carboxylic acids is 1. The Morgan fingerprint density at radius 2 is 1.94 bits per heavy atom. The molecule has 0 bridgehead atoms. The van der Waals surface area contributed by atoms with Gasteiger partial charge >= 0.3 is 5.97 Å². The molecule has 5 heteroatoms. The molecule has 18 heavy (non-hydrogen) atoms. The first kappa shape index (κ1) is 14.7. The van der Waals surface area contributed by atoms with Gasteiger partial charge in [-0.15, -0.1) is 0 Å². The van der Waals surface area contributed by atoms with Gasteiger partial charge in [0, 0.05) is 10.4 Å². The molecule has 0 heterocycles. The van der Waals surface area contributed by atoms with Gasteiger partial charge in [0.05, 0.1) is 11.3 Å². The molecule has 0 spiro atoms. The molecular formula is C13H16BrNO3. The van der Waals surface area contributed by atoms with Crippen molar-refractivity contribution in [3.8, 4) is 0 Å². The van der Waals surface area contributed by atoms with E-state index in [2.05, 4.69) is 21.2 Å². The second-order valence-corrected chi connectivity index (χ2v) is 4.91. The summed E-state index contributed by atoms with van der Waals surface area (Å²) in [4.78, 5) is 23.0. The summed E-state index contributed by atoms with van der Waals surface area (Å²) in [6.45, 7) is 3.88. The van der Waals surface area contributed by atoms with Crippen molar-refractivity contribution < 1.29 is 14.7 Å². The van der Waals surface area contributed by atoms with E-state index in [-0.39, 0.29) is 17.4 Å². The Labute approximate surface area is 115 Å². The van der Waals surface area contributed by atoms with Crippen LogP contribution in [0.1, 0.15) is 37.0 Å². The lowest BCUT2D eigenvalue weighted by molar-refractivity contribution is -0.120. The van der Waals surface area contributed by atoms with Crippen LogP contribution in [-0.2, 0) is 4.79 Å². The molecule has 98 valence electrons. The quantitative estimate of drug-likeness (QED) is 0.874. The van der Waals surface area contributed by atoms with E-state index in [4.69, 9.17) is 5.11 Å². The molecule has 2 N–H and O–H groups in total. The number of carbonyl (C=O) groups is 2. The minimum atomic E-state index is -1.06. The highest BCUT2D eigenvalue weighted by molar-refractivity contribution is 9.10. The molecule has 1 rings (SSSR count). The maximum Gasteiger partial charge on any atom is 0.337 e. The number of anilines is 1. The van der Waals surface area contributed by atoms with Crippen LogP contribution in [0.2, 0.25) is 0 Å². The molecular weight excluding hydrogens is 298 g/mol. The number of carboxylic acids is 1. The Hall–Kier alpha value is -1.36. The highest BCUT2D eigenvalue weighted by atomic mass is 79.9. The first-order valence-electron chi connectivity index (χ1n) is 5.83. The Balaban J connectivity index is 2.97. The Bertz CT molecular complexity index is 456. The van der Waals surface area contributed by atoms with Crippen molar-refractivity contribution in [1.29, 1.82) is 0 Å². The van der Waals surface area contributed by atoms with Crippen molar-refractivity contribution in [2.45, 2.75) is 26.7 Å². The average molecular weight is 314 g/mol. The van der Waals surface area contributed by atoms with Crippen LogP contribution in [0, 0.1) is 5.92 Å². The summed E-state index contributed by atoms with van der Waals surface area (Å²) < 4.78 is 0.667.